The molecular formula is C12H16F13N2O2S+. The Morgan fingerprint density at radius 3 is 1.57 bits per heavy atom. The van der Waals surface area contributed by atoms with Gasteiger partial charge < -0.3 is 5.32 Å². The Labute approximate surface area is 161 Å². The van der Waals surface area contributed by atoms with Crippen LogP contribution in [0.3, 0.4) is 0 Å². The zero-order valence-corrected chi connectivity index (χ0v) is 15.6. The lowest BCUT2D eigenvalue weighted by molar-refractivity contribution is -0.626. The number of quaternary nitrogens is 1. The Morgan fingerprint density at radius 1 is 0.733 bits per heavy atom. The van der Waals surface area contributed by atoms with Crippen LogP contribution in [0.2, 0.25) is 0 Å². The van der Waals surface area contributed by atoms with Gasteiger partial charge in [0.2, 0.25) is 10.0 Å². The highest BCUT2D eigenvalue weighted by Gasteiger charge is 2.90. The first-order valence-corrected chi connectivity index (χ1v) is 9.38. The molecule has 0 aromatic heterocycles. The third kappa shape index (κ3) is 5.41. The Hall–Kier alpha value is -1.04. The topological polar surface area (TPSA) is 62.8 Å². The summed E-state index contributed by atoms with van der Waals surface area (Å²) in [5.41, 5.74) is 0. The van der Waals surface area contributed by atoms with E-state index in [4.69, 9.17) is 0 Å². The first-order valence-electron chi connectivity index (χ1n) is 7.73. The standard InChI is InChI=1S/C12H15F13N2O2S/c1-26-4-2-5-27-30(28,29)6-3-7(13,14)8(15,16)9(17,18)10(19,20)11(21,22)12(23,24)25/h26-27H,2-6H2,1H3/p+1. The minimum atomic E-state index is -8.00. The molecular weight excluding hydrogens is 483 g/mol. The molecule has 0 aliphatic rings. The summed E-state index contributed by atoms with van der Waals surface area (Å²) in [5, 5.41) is 1.56. The number of rotatable bonds is 12. The predicted molar refractivity (Wildman–Crippen MR) is 74.5 cm³/mol. The summed E-state index contributed by atoms with van der Waals surface area (Å²) >= 11 is 0. The summed E-state index contributed by atoms with van der Waals surface area (Å²) in [6.07, 6.45) is -10.2. The molecule has 0 amide bonds. The minimum Gasteiger partial charge on any atom is -0.349 e. The van der Waals surface area contributed by atoms with Crippen molar-refractivity contribution in [2.75, 3.05) is 25.9 Å². The maximum atomic E-state index is 13.5. The second-order valence-electron chi connectivity index (χ2n) is 6.01. The van der Waals surface area contributed by atoms with E-state index in [9.17, 15) is 65.5 Å². The maximum absolute atomic E-state index is 13.5. The fourth-order valence-electron chi connectivity index (χ4n) is 1.83. The summed E-state index contributed by atoms with van der Waals surface area (Å²) in [6.45, 7) is -0.0772. The number of hydrogen-bond acceptors (Lipinski definition) is 2. The second kappa shape index (κ2) is 8.84. The fraction of sp³-hybridized carbons (Fsp3) is 1.00. The van der Waals surface area contributed by atoms with Gasteiger partial charge in [-0.2, -0.15) is 57.1 Å². The van der Waals surface area contributed by atoms with E-state index in [0.29, 0.717) is 6.54 Å². The quantitative estimate of drug-likeness (QED) is 0.321. The number of sulfonamides is 1. The van der Waals surface area contributed by atoms with Crippen molar-refractivity contribution >= 4 is 10.0 Å². The first kappa shape index (κ1) is 29.0. The van der Waals surface area contributed by atoms with Crippen LogP contribution in [-0.2, 0) is 10.0 Å². The first-order chi connectivity index (χ1) is 13.0. The van der Waals surface area contributed by atoms with Gasteiger partial charge in [-0.1, -0.05) is 0 Å². The zero-order chi connectivity index (χ0) is 24.4. The summed E-state index contributed by atoms with van der Waals surface area (Å²) in [6, 6.07) is 0. The van der Waals surface area contributed by atoms with Crippen molar-refractivity contribution in [1.82, 2.24) is 4.72 Å². The molecule has 0 aromatic rings. The van der Waals surface area contributed by atoms with E-state index in [1.54, 1.807) is 17.1 Å². The average Bonchev–Trinajstić information content (AvgIpc) is 2.55. The Bertz CT molecular complexity index is 676. The fourth-order valence-corrected chi connectivity index (χ4v) is 2.95. The van der Waals surface area contributed by atoms with Crippen molar-refractivity contribution in [3.05, 3.63) is 0 Å². The molecule has 0 bridgehead atoms. The minimum absolute atomic E-state index is 0.110. The molecule has 0 aliphatic carbocycles. The molecule has 3 N–H and O–H groups in total. The maximum Gasteiger partial charge on any atom is 0.460 e. The van der Waals surface area contributed by atoms with Crippen LogP contribution < -0.4 is 10.0 Å². The average molecular weight is 499 g/mol. The van der Waals surface area contributed by atoms with Gasteiger partial charge >= 0.3 is 35.8 Å². The lowest BCUT2D eigenvalue weighted by Gasteiger charge is -2.39. The van der Waals surface area contributed by atoms with E-state index in [2.05, 4.69) is 0 Å². The summed E-state index contributed by atoms with van der Waals surface area (Å²) in [7, 11) is -3.26. The number of nitrogens with one attached hydrogen (secondary N) is 1. The van der Waals surface area contributed by atoms with Crippen molar-refractivity contribution in [2.45, 2.75) is 48.6 Å². The molecule has 0 aliphatic heterocycles. The van der Waals surface area contributed by atoms with E-state index in [0.717, 1.165) is 0 Å². The van der Waals surface area contributed by atoms with Gasteiger partial charge in [0.1, 0.15) is 0 Å². The molecule has 18 heteroatoms. The molecule has 30 heavy (non-hydrogen) atoms. The Morgan fingerprint density at radius 2 is 1.17 bits per heavy atom. The molecule has 0 spiro atoms. The number of halogens is 13. The van der Waals surface area contributed by atoms with Gasteiger partial charge in [0.05, 0.1) is 19.3 Å². The van der Waals surface area contributed by atoms with Crippen molar-refractivity contribution in [3.8, 4) is 0 Å². The van der Waals surface area contributed by atoms with Crippen LogP contribution in [0.25, 0.3) is 0 Å². The van der Waals surface area contributed by atoms with Crippen LogP contribution >= 0.6 is 0 Å². The number of nitrogens with two attached hydrogens (primary N) is 1. The molecule has 0 rings (SSSR count). The van der Waals surface area contributed by atoms with Gasteiger partial charge in [-0.3, -0.25) is 0 Å². The molecule has 0 radical (unpaired) electrons. The molecule has 0 unspecified atom stereocenters. The van der Waals surface area contributed by atoms with Crippen LogP contribution in [0.1, 0.15) is 12.8 Å². The van der Waals surface area contributed by atoms with Crippen LogP contribution in [0.15, 0.2) is 0 Å². The molecule has 0 saturated carbocycles. The van der Waals surface area contributed by atoms with E-state index >= 15 is 0 Å². The predicted octanol–water partition coefficient (Wildman–Crippen LogP) is 2.62. The van der Waals surface area contributed by atoms with Crippen LogP contribution in [0.4, 0.5) is 57.1 Å². The van der Waals surface area contributed by atoms with Crippen LogP contribution in [-0.4, -0.2) is 70.1 Å². The van der Waals surface area contributed by atoms with Crippen molar-refractivity contribution in [1.29, 1.82) is 0 Å². The lowest BCUT2D eigenvalue weighted by atomic mass is 9.93. The van der Waals surface area contributed by atoms with Gasteiger partial charge in [0.25, 0.3) is 0 Å². The van der Waals surface area contributed by atoms with E-state index in [1.165, 1.54) is 0 Å². The monoisotopic (exact) mass is 499 g/mol. The lowest BCUT2D eigenvalue weighted by Crippen LogP contribution is -2.79. The third-order valence-corrected chi connectivity index (χ3v) is 5.06. The number of alkyl halides is 13. The van der Waals surface area contributed by atoms with Crippen molar-refractivity contribution in [3.63, 3.8) is 0 Å². The van der Waals surface area contributed by atoms with Crippen molar-refractivity contribution in [2.24, 2.45) is 0 Å². The summed E-state index contributed by atoms with van der Waals surface area (Å²) in [5.74, 6) is -39.7. The largest absolute Gasteiger partial charge is 0.460 e. The Balaban J connectivity index is 5.71. The summed E-state index contributed by atoms with van der Waals surface area (Å²) in [4.78, 5) is 0. The highest BCUT2D eigenvalue weighted by atomic mass is 32.2. The molecule has 0 heterocycles. The smallest absolute Gasteiger partial charge is 0.349 e. The van der Waals surface area contributed by atoms with Gasteiger partial charge in [-0.25, -0.2) is 13.1 Å². The zero-order valence-electron chi connectivity index (χ0n) is 14.8. The molecule has 0 fully saturated rings. The molecule has 0 saturated heterocycles. The summed E-state index contributed by atoms with van der Waals surface area (Å²) < 4.78 is 192. The third-order valence-electron chi connectivity index (χ3n) is 3.67. The molecule has 0 aromatic carbocycles. The number of hydrogen-bond donors (Lipinski definition) is 2. The molecule has 4 nitrogen and oxygen atoms in total. The highest BCUT2D eigenvalue weighted by Crippen LogP contribution is 2.60. The van der Waals surface area contributed by atoms with Gasteiger partial charge in [-0.15, -0.1) is 0 Å². The van der Waals surface area contributed by atoms with Crippen LogP contribution in [0.5, 0.6) is 0 Å². The normalized spacial score (nSPS) is 15.5. The second-order valence-corrected chi connectivity index (χ2v) is 7.94. The van der Waals surface area contributed by atoms with Gasteiger partial charge in [0.15, 0.2) is 0 Å². The Kier molecular flexibility index (Phi) is 8.53. The molecule has 182 valence electrons. The van der Waals surface area contributed by atoms with Crippen LogP contribution in [0, 0.1) is 0 Å². The van der Waals surface area contributed by atoms with E-state index in [1.807, 2.05) is 0 Å². The van der Waals surface area contributed by atoms with Gasteiger partial charge in [-0.05, 0) is 0 Å². The van der Waals surface area contributed by atoms with Crippen molar-refractivity contribution < 1.29 is 70.8 Å². The highest BCUT2D eigenvalue weighted by molar-refractivity contribution is 7.89. The SMILES string of the molecule is C[NH2+]CCCNS(=O)(=O)CCC(F)(F)C(F)(F)C(F)(F)C(F)(F)C(F)(F)C(F)(F)F. The van der Waals surface area contributed by atoms with Gasteiger partial charge in [0, 0.05) is 19.4 Å². The van der Waals surface area contributed by atoms with E-state index in [-0.39, 0.29) is 6.42 Å². The molecule has 0 atom stereocenters. The van der Waals surface area contributed by atoms with E-state index < -0.39 is 64.5 Å².